The number of hydrogen-bond acceptors (Lipinski definition) is 2. The van der Waals surface area contributed by atoms with Crippen molar-refractivity contribution in [2.45, 2.75) is 25.3 Å². The van der Waals surface area contributed by atoms with Gasteiger partial charge in [0.1, 0.15) is 0 Å². The number of hydrogen-bond donors (Lipinski definition) is 2. The lowest BCUT2D eigenvalue weighted by atomic mass is 10.0. The van der Waals surface area contributed by atoms with Gasteiger partial charge in [0, 0.05) is 12.1 Å². The van der Waals surface area contributed by atoms with Crippen molar-refractivity contribution in [1.29, 1.82) is 0 Å². The van der Waals surface area contributed by atoms with Crippen molar-refractivity contribution in [3.05, 3.63) is 70.8 Å². The van der Waals surface area contributed by atoms with Crippen molar-refractivity contribution >= 4 is 5.91 Å². The summed E-state index contributed by atoms with van der Waals surface area (Å²) in [5, 5.41) is 3.03. The van der Waals surface area contributed by atoms with E-state index in [-0.39, 0.29) is 11.9 Å². The molecule has 108 valence electrons. The first-order valence-corrected chi connectivity index (χ1v) is 7.45. The van der Waals surface area contributed by atoms with Gasteiger partial charge in [-0.05, 0) is 48.1 Å². The third-order valence-electron chi connectivity index (χ3n) is 4.10. The highest BCUT2D eigenvalue weighted by molar-refractivity contribution is 5.94. The van der Waals surface area contributed by atoms with Crippen molar-refractivity contribution < 1.29 is 4.79 Å². The summed E-state index contributed by atoms with van der Waals surface area (Å²) in [6.45, 7) is 0.390. The monoisotopic (exact) mass is 280 g/mol. The van der Waals surface area contributed by atoms with Crippen molar-refractivity contribution in [3.8, 4) is 0 Å². The van der Waals surface area contributed by atoms with E-state index in [0.29, 0.717) is 6.54 Å². The minimum absolute atomic E-state index is 0.0518. The maximum atomic E-state index is 12.4. The number of nitrogens with two attached hydrogens (primary N) is 1. The average molecular weight is 280 g/mol. The topological polar surface area (TPSA) is 55.1 Å². The van der Waals surface area contributed by atoms with Gasteiger partial charge >= 0.3 is 0 Å². The van der Waals surface area contributed by atoms with Crippen LogP contribution < -0.4 is 11.1 Å². The first-order chi connectivity index (χ1) is 10.3. The van der Waals surface area contributed by atoms with E-state index in [2.05, 4.69) is 11.4 Å². The Kier molecular flexibility index (Phi) is 4.02. The van der Waals surface area contributed by atoms with Crippen LogP contribution in [0.25, 0.3) is 0 Å². The van der Waals surface area contributed by atoms with E-state index in [9.17, 15) is 4.79 Å². The number of aryl methyl sites for hydroxylation is 2. The average Bonchev–Trinajstić information content (AvgIpc) is 3.00. The number of carbonyl (C=O) groups is 1. The first kappa shape index (κ1) is 13.8. The highest BCUT2D eigenvalue weighted by atomic mass is 16.1. The lowest BCUT2D eigenvalue weighted by Crippen LogP contribution is -2.33. The third kappa shape index (κ3) is 2.98. The second kappa shape index (κ2) is 6.10. The molecule has 1 aliphatic rings. The van der Waals surface area contributed by atoms with Crippen LogP contribution in [0.15, 0.2) is 48.5 Å². The Morgan fingerprint density at radius 1 is 1.10 bits per heavy atom. The summed E-state index contributed by atoms with van der Waals surface area (Å²) in [5.41, 5.74) is 10.3. The number of amides is 1. The van der Waals surface area contributed by atoms with Crippen LogP contribution in [0.3, 0.4) is 0 Å². The summed E-state index contributed by atoms with van der Waals surface area (Å²) >= 11 is 0. The smallest absolute Gasteiger partial charge is 0.251 e. The molecule has 0 aliphatic heterocycles. The van der Waals surface area contributed by atoms with E-state index in [0.717, 1.165) is 24.0 Å². The quantitative estimate of drug-likeness (QED) is 0.904. The molecule has 0 radical (unpaired) electrons. The second-order valence-corrected chi connectivity index (χ2v) is 5.51. The van der Waals surface area contributed by atoms with Crippen LogP contribution in [0.4, 0.5) is 0 Å². The minimum atomic E-state index is -0.146. The molecule has 21 heavy (non-hydrogen) atoms. The third-order valence-corrected chi connectivity index (χ3v) is 4.10. The van der Waals surface area contributed by atoms with E-state index < -0.39 is 0 Å². The molecule has 3 N–H and O–H groups in total. The molecule has 2 aromatic carbocycles. The van der Waals surface area contributed by atoms with Gasteiger partial charge in [0.25, 0.3) is 5.91 Å². The van der Waals surface area contributed by atoms with E-state index in [1.165, 1.54) is 17.5 Å². The van der Waals surface area contributed by atoms with Crippen LogP contribution in [0.1, 0.15) is 39.5 Å². The highest BCUT2D eigenvalue weighted by Crippen LogP contribution is 2.23. The van der Waals surface area contributed by atoms with E-state index in [4.69, 9.17) is 5.73 Å². The summed E-state index contributed by atoms with van der Waals surface area (Å²) in [6, 6.07) is 15.7. The Morgan fingerprint density at radius 3 is 2.62 bits per heavy atom. The van der Waals surface area contributed by atoms with Crippen LogP contribution in [0.2, 0.25) is 0 Å². The van der Waals surface area contributed by atoms with Gasteiger partial charge in [-0.25, -0.2) is 0 Å². The Hall–Kier alpha value is -2.13. The zero-order chi connectivity index (χ0) is 14.7. The van der Waals surface area contributed by atoms with Gasteiger partial charge in [-0.15, -0.1) is 0 Å². The van der Waals surface area contributed by atoms with Crippen molar-refractivity contribution in [2.24, 2.45) is 5.73 Å². The van der Waals surface area contributed by atoms with Gasteiger partial charge < -0.3 is 11.1 Å². The number of nitrogens with one attached hydrogen (secondary N) is 1. The largest absolute Gasteiger partial charge is 0.344 e. The summed E-state index contributed by atoms with van der Waals surface area (Å²) in [7, 11) is 0. The summed E-state index contributed by atoms with van der Waals surface area (Å²) in [5.74, 6) is -0.0518. The van der Waals surface area contributed by atoms with E-state index >= 15 is 0 Å². The van der Waals surface area contributed by atoms with Crippen molar-refractivity contribution in [2.75, 3.05) is 6.54 Å². The minimum Gasteiger partial charge on any atom is -0.344 e. The molecule has 0 spiro atoms. The van der Waals surface area contributed by atoms with Gasteiger partial charge in [0.2, 0.25) is 0 Å². The van der Waals surface area contributed by atoms with Gasteiger partial charge in [-0.3, -0.25) is 4.79 Å². The molecule has 0 fully saturated rings. The molecule has 0 saturated heterocycles. The summed E-state index contributed by atoms with van der Waals surface area (Å²) in [4.78, 5) is 12.4. The zero-order valence-corrected chi connectivity index (χ0v) is 12.0. The fourth-order valence-corrected chi connectivity index (χ4v) is 2.92. The number of rotatable bonds is 4. The standard InChI is InChI=1S/C18H20N2O/c19-12-17(14-5-2-1-3-6-14)20-18(21)16-10-9-13-7-4-8-15(13)11-16/h1-3,5-6,9-11,17H,4,7-8,12,19H2,(H,20,21). The van der Waals surface area contributed by atoms with Gasteiger partial charge in [-0.1, -0.05) is 36.4 Å². The molecule has 3 rings (SSSR count). The van der Waals surface area contributed by atoms with Crippen LogP contribution in [0, 0.1) is 0 Å². The van der Waals surface area contributed by atoms with Crippen LogP contribution >= 0.6 is 0 Å². The van der Waals surface area contributed by atoms with Gasteiger partial charge in [0.15, 0.2) is 0 Å². The van der Waals surface area contributed by atoms with Crippen molar-refractivity contribution in [3.63, 3.8) is 0 Å². The fourth-order valence-electron chi connectivity index (χ4n) is 2.92. The normalized spacial score (nSPS) is 14.5. The van der Waals surface area contributed by atoms with Crippen molar-refractivity contribution in [1.82, 2.24) is 5.32 Å². The molecule has 1 atom stereocenters. The summed E-state index contributed by atoms with van der Waals surface area (Å²) in [6.07, 6.45) is 3.40. The molecule has 2 aromatic rings. The van der Waals surface area contributed by atoms with E-state index in [1.807, 2.05) is 42.5 Å². The molecule has 3 heteroatoms. The molecule has 1 unspecified atom stereocenters. The maximum absolute atomic E-state index is 12.4. The zero-order valence-electron chi connectivity index (χ0n) is 12.0. The molecule has 1 amide bonds. The first-order valence-electron chi connectivity index (χ1n) is 7.45. The SMILES string of the molecule is NCC(NC(=O)c1ccc2c(c1)CCC2)c1ccccc1. The lowest BCUT2D eigenvalue weighted by molar-refractivity contribution is 0.0937. The van der Waals surface area contributed by atoms with E-state index in [1.54, 1.807) is 0 Å². The number of carbonyl (C=O) groups excluding carboxylic acids is 1. The molecule has 0 bridgehead atoms. The molecule has 3 nitrogen and oxygen atoms in total. The highest BCUT2D eigenvalue weighted by Gasteiger charge is 2.17. The predicted molar refractivity (Wildman–Crippen MR) is 84.2 cm³/mol. The Labute approximate surface area is 125 Å². The molecular weight excluding hydrogens is 260 g/mol. The number of benzene rings is 2. The molecule has 0 heterocycles. The molecular formula is C18H20N2O. The van der Waals surface area contributed by atoms with Gasteiger partial charge in [0.05, 0.1) is 6.04 Å². The molecule has 0 aromatic heterocycles. The second-order valence-electron chi connectivity index (χ2n) is 5.51. The maximum Gasteiger partial charge on any atom is 0.251 e. The Bertz CT molecular complexity index is 637. The summed E-state index contributed by atoms with van der Waals surface area (Å²) < 4.78 is 0. The lowest BCUT2D eigenvalue weighted by Gasteiger charge is -2.17. The molecule has 1 aliphatic carbocycles. The Morgan fingerprint density at radius 2 is 1.86 bits per heavy atom. The van der Waals surface area contributed by atoms with Crippen LogP contribution in [-0.2, 0) is 12.8 Å². The van der Waals surface area contributed by atoms with Crippen LogP contribution in [0.5, 0.6) is 0 Å². The van der Waals surface area contributed by atoms with Crippen LogP contribution in [-0.4, -0.2) is 12.5 Å². The Balaban J connectivity index is 1.76. The predicted octanol–water partition coefficient (Wildman–Crippen LogP) is 2.61. The number of fused-ring (bicyclic) bond motifs is 1. The molecule has 0 saturated carbocycles. The fraction of sp³-hybridized carbons (Fsp3) is 0.278. The van der Waals surface area contributed by atoms with Gasteiger partial charge in [-0.2, -0.15) is 0 Å².